The van der Waals surface area contributed by atoms with Crippen molar-refractivity contribution < 1.29 is 9.84 Å². The van der Waals surface area contributed by atoms with Crippen molar-refractivity contribution in [1.82, 2.24) is 5.32 Å². The van der Waals surface area contributed by atoms with E-state index in [1.807, 2.05) is 18.2 Å². The molecule has 0 heterocycles. The Morgan fingerprint density at radius 1 is 1.29 bits per heavy atom. The fourth-order valence-electron chi connectivity index (χ4n) is 1.63. The molecule has 17 heavy (non-hydrogen) atoms. The van der Waals surface area contributed by atoms with Crippen molar-refractivity contribution >= 4 is 0 Å². The third-order valence-electron chi connectivity index (χ3n) is 2.59. The minimum atomic E-state index is -0.452. The summed E-state index contributed by atoms with van der Waals surface area (Å²) >= 11 is 0. The predicted octanol–water partition coefficient (Wildman–Crippen LogP) is 1.99. The smallest absolute Gasteiger partial charge is 0.122 e. The largest absolute Gasteiger partial charge is 0.491 e. The zero-order valence-electron chi connectivity index (χ0n) is 10.8. The summed E-state index contributed by atoms with van der Waals surface area (Å²) in [6.07, 6.45) is 1.57. The van der Waals surface area contributed by atoms with Gasteiger partial charge in [-0.3, -0.25) is 0 Å². The summed E-state index contributed by atoms with van der Waals surface area (Å²) in [7, 11) is 0. The van der Waals surface area contributed by atoms with Gasteiger partial charge in [-0.05, 0) is 31.0 Å². The second kappa shape index (κ2) is 8.09. The van der Waals surface area contributed by atoms with Crippen LogP contribution in [0.15, 0.2) is 24.3 Å². The van der Waals surface area contributed by atoms with Gasteiger partial charge < -0.3 is 15.2 Å². The number of para-hydroxylation sites is 1. The Hall–Kier alpha value is -1.06. The Balaban J connectivity index is 2.33. The Labute approximate surface area is 104 Å². The van der Waals surface area contributed by atoms with Gasteiger partial charge in [0.2, 0.25) is 0 Å². The number of aryl methyl sites for hydroxylation is 1. The molecule has 0 fully saturated rings. The zero-order chi connectivity index (χ0) is 12.5. The van der Waals surface area contributed by atoms with Crippen LogP contribution in [0, 0.1) is 0 Å². The number of hydrogen-bond donors (Lipinski definition) is 2. The summed E-state index contributed by atoms with van der Waals surface area (Å²) < 4.78 is 5.63. The van der Waals surface area contributed by atoms with Gasteiger partial charge in [0.05, 0.1) is 0 Å². The molecule has 0 aliphatic carbocycles. The van der Waals surface area contributed by atoms with Crippen LogP contribution in [0.2, 0.25) is 0 Å². The SMILES string of the molecule is CCCNCC(O)COc1ccccc1CC. The van der Waals surface area contributed by atoms with Crippen molar-refractivity contribution in [3.63, 3.8) is 0 Å². The highest BCUT2D eigenvalue weighted by Crippen LogP contribution is 2.18. The fraction of sp³-hybridized carbons (Fsp3) is 0.571. The van der Waals surface area contributed by atoms with Gasteiger partial charge in [0, 0.05) is 6.54 Å². The molecule has 0 aromatic heterocycles. The number of rotatable bonds is 8. The van der Waals surface area contributed by atoms with Gasteiger partial charge in [-0.2, -0.15) is 0 Å². The number of aliphatic hydroxyl groups excluding tert-OH is 1. The molecule has 3 heteroatoms. The molecule has 0 saturated heterocycles. The molecule has 0 bridgehead atoms. The minimum Gasteiger partial charge on any atom is -0.491 e. The van der Waals surface area contributed by atoms with Gasteiger partial charge in [0.1, 0.15) is 18.5 Å². The van der Waals surface area contributed by atoms with Crippen molar-refractivity contribution in [3.8, 4) is 5.75 Å². The highest BCUT2D eigenvalue weighted by atomic mass is 16.5. The van der Waals surface area contributed by atoms with Crippen molar-refractivity contribution in [2.45, 2.75) is 32.8 Å². The summed E-state index contributed by atoms with van der Waals surface area (Å²) in [6.45, 7) is 6.06. The summed E-state index contributed by atoms with van der Waals surface area (Å²) in [5, 5.41) is 12.9. The van der Waals surface area contributed by atoms with Crippen LogP contribution in [0.1, 0.15) is 25.8 Å². The van der Waals surface area contributed by atoms with Crippen molar-refractivity contribution in [3.05, 3.63) is 29.8 Å². The lowest BCUT2D eigenvalue weighted by molar-refractivity contribution is 0.106. The van der Waals surface area contributed by atoms with Crippen LogP contribution in [0.25, 0.3) is 0 Å². The first-order valence-electron chi connectivity index (χ1n) is 6.37. The second-order valence-corrected chi connectivity index (χ2v) is 4.13. The van der Waals surface area contributed by atoms with Crippen LogP contribution < -0.4 is 10.1 Å². The first-order chi connectivity index (χ1) is 8.27. The molecule has 1 aromatic carbocycles. The van der Waals surface area contributed by atoms with Crippen molar-refractivity contribution in [2.75, 3.05) is 19.7 Å². The number of benzene rings is 1. The predicted molar refractivity (Wildman–Crippen MR) is 70.5 cm³/mol. The second-order valence-electron chi connectivity index (χ2n) is 4.13. The maximum Gasteiger partial charge on any atom is 0.122 e. The zero-order valence-corrected chi connectivity index (χ0v) is 10.8. The molecule has 1 rings (SSSR count). The molecule has 1 aromatic rings. The monoisotopic (exact) mass is 237 g/mol. The summed E-state index contributed by atoms with van der Waals surface area (Å²) in [5.74, 6) is 0.879. The maximum atomic E-state index is 9.71. The van der Waals surface area contributed by atoms with E-state index in [0.29, 0.717) is 13.2 Å². The summed E-state index contributed by atoms with van der Waals surface area (Å²) in [5.41, 5.74) is 1.18. The van der Waals surface area contributed by atoms with Gasteiger partial charge in [-0.1, -0.05) is 32.0 Å². The quantitative estimate of drug-likeness (QED) is 0.679. The van der Waals surface area contributed by atoms with Gasteiger partial charge in [-0.25, -0.2) is 0 Å². The molecular weight excluding hydrogens is 214 g/mol. The highest BCUT2D eigenvalue weighted by molar-refractivity contribution is 5.33. The first kappa shape index (κ1) is 14.0. The first-order valence-corrected chi connectivity index (χ1v) is 6.37. The standard InChI is InChI=1S/C14H23NO2/c1-3-9-15-10-13(16)11-17-14-8-6-5-7-12(14)4-2/h5-8,13,15-16H,3-4,9-11H2,1-2H3. The van der Waals surface area contributed by atoms with E-state index in [1.54, 1.807) is 0 Å². The van der Waals surface area contributed by atoms with Crippen molar-refractivity contribution in [1.29, 1.82) is 0 Å². The van der Waals surface area contributed by atoms with E-state index < -0.39 is 6.10 Å². The Bertz CT molecular complexity index is 315. The summed E-state index contributed by atoms with van der Waals surface area (Å²) in [6, 6.07) is 7.96. The normalized spacial score (nSPS) is 12.4. The van der Waals surface area contributed by atoms with E-state index in [-0.39, 0.29) is 0 Å². The Morgan fingerprint density at radius 2 is 2.06 bits per heavy atom. The van der Waals surface area contributed by atoms with Crippen LogP contribution in [-0.2, 0) is 6.42 Å². The molecule has 0 saturated carbocycles. The van der Waals surface area contributed by atoms with Crippen LogP contribution >= 0.6 is 0 Å². The molecule has 3 nitrogen and oxygen atoms in total. The van der Waals surface area contributed by atoms with Crippen LogP contribution in [0.5, 0.6) is 5.75 Å². The molecule has 0 aliphatic rings. The lowest BCUT2D eigenvalue weighted by atomic mass is 10.1. The highest BCUT2D eigenvalue weighted by Gasteiger charge is 2.06. The van der Waals surface area contributed by atoms with E-state index >= 15 is 0 Å². The molecule has 0 radical (unpaired) electrons. The third kappa shape index (κ3) is 5.20. The molecule has 1 atom stereocenters. The average molecular weight is 237 g/mol. The minimum absolute atomic E-state index is 0.341. The van der Waals surface area contributed by atoms with E-state index in [9.17, 15) is 5.11 Å². The molecule has 2 N–H and O–H groups in total. The molecule has 96 valence electrons. The Morgan fingerprint density at radius 3 is 2.76 bits per heavy atom. The Kier molecular flexibility index (Phi) is 6.67. The molecular formula is C14H23NO2. The van der Waals surface area contributed by atoms with Crippen molar-refractivity contribution in [2.24, 2.45) is 0 Å². The molecule has 0 amide bonds. The molecule has 0 aliphatic heterocycles. The molecule has 1 unspecified atom stereocenters. The van der Waals surface area contributed by atoms with Gasteiger partial charge in [-0.15, -0.1) is 0 Å². The third-order valence-corrected chi connectivity index (χ3v) is 2.59. The van der Waals surface area contributed by atoms with Crippen LogP contribution in [-0.4, -0.2) is 30.9 Å². The number of nitrogens with one attached hydrogen (secondary N) is 1. The van der Waals surface area contributed by atoms with Gasteiger partial charge in [0.15, 0.2) is 0 Å². The van der Waals surface area contributed by atoms with Gasteiger partial charge in [0.25, 0.3) is 0 Å². The number of hydrogen-bond acceptors (Lipinski definition) is 3. The summed E-state index contributed by atoms with van der Waals surface area (Å²) in [4.78, 5) is 0. The van der Waals surface area contributed by atoms with E-state index in [0.717, 1.165) is 25.1 Å². The lowest BCUT2D eigenvalue weighted by Gasteiger charge is -2.14. The lowest BCUT2D eigenvalue weighted by Crippen LogP contribution is -2.31. The number of aliphatic hydroxyl groups is 1. The molecule has 0 spiro atoms. The van der Waals surface area contributed by atoms with Crippen LogP contribution in [0.3, 0.4) is 0 Å². The number of ether oxygens (including phenoxy) is 1. The van der Waals surface area contributed by atoms with E-state index in [2.05, 4.69) is 25.2 Å². The van der Waals surface area contributed by atoms with E-state index in [4.69, 9.17) is 4.74 Å². The fourth-order valence-corrected chi connectivity index (χ4v) is 1.63. The topological polar surface area (TPSA) is 41.5 Å². The van der Waals surface area contributed by atoms with Gasteiger partial charge >= 0.3 is 0 Å². The van der Waals surface area contributed by atoms with Crippen LogP contribution in [0.4, 0.5) is 0 Å². The van der Waals surface area contributed by atoms with E-state index in [1.165, 1.54) is 5.56 Å². The maximum absolute atomic E-state index is 9.71. The average Bonchev–Trinajstić information content (AvgIpc) is 2.37.